The molecule has 0 radical (unpaired) electrons. The van der Waals surface area contributed by atoms with Crippen LogP contribution in [-0.2, 0) is 16.1 Å². The predicted molar refractivity (Wildman–Crippen MR) is 112 cm³/mol. The molecule has 0 saturated heterocycles. The maximum Gasteiger partial charge on any atom is 0.375 e. The number of hydrogen-bond acceptors (Lipinski definition) is 5. The normalized spacial score (nSPS) is 10.7. The number of halogens is 2. The molecule has 4 rings (SSSR count). The number of ether oxygens (including phenoxy) is 2. The highest BCUT2D eigenvalue weighted by atomic mass is 19.1. The fraction of sp³-hybridized carbons (Fsp3) is 0.0833. The highest BCUT2D eigenvalue weighted by molar-refractivity contribution is 5.98. The Hall–Kier alpha value is -4.20. The van der Waals surface area contributed by atoms with Crippen LogP contribution in [-0.4, -0.2) is 18.5 Å². The largest absolute Gasteiger partial charge is 0.489 e. The molecule has 0 saturated carbocycles. The van der Waals surface area contributed by atoms with E-state index in [0.717, 1.165) is 12.1 Å². The van der Waals surface area contributed by atoms with Crippen LogP contribution in [0.4, 0.5) is 14.5 Å². The molecule has 3 aromatic carbocycles. The van der Waals surface area contributed by atoms with Crippen molar-refractivity contribution in [2.24, 2.45) is 0 Å². The summed E-state index contributed by atoms with van der Waals surface area (Å²) in [6.07, 6.45) is 0. The molecule has 6 nitrogen and oxygen atoms in total. The number of fused-ring (bicyclic) bond motifs is 1. The number of rotatable bonds is 7. The topological polar surface area (TPSA) is 77.8 Å². The SMILES string of the molecule is O=C(COC(=O)c1oc2ccccc2c1COc1ccccc1)Nc1ccc(F)cc1F. The highest BCUT2D eigenvalue weighted by Crippen LogP contribution is 2.28. The van der Waals surface area contributed by atoms with Crippen LogP contribution in [0.3, 0.4) is 0 Å². The molecule has 0 bridgehead atoms. The van der Waals surface area contributed by atoms with Gasteiger partial charge in [-0.15, -0.1) is 0 Å². The molecule has 0 aliphatic rings. The number of carbonyl (C=O) groups is 2. The van der Waals surface area contributed by atoms with E-state index in [1.54, 1.807) is 36.4 Å². The molecule has 0 aliphatic carbocycles. The number of para-hydroxylation sites is 2. The van der Waals surface area contributed by atoms with Crippen LogP contribution in [0.1, 0.15) is 16.1 Å². The van der Waals surface area contributed by atoms with Gasteiger partial charge in [-0.3, -0.25) is 4.79 Å². The van der Waals surface area contributed by atoms with Crippen LogP contribution in [0, 0.1) is 11.6 Å². The molecule has 1 aromatic heterocycles. The summed E-state index contributed by atoms with van der Waals surface area (Å²) in [5, 5.41) is 2.89. The summed E-state index contributed by atoms with van der Waals surface area (Å²) >= 11 is 0. The first-order chi connectivity index (χ1) is 15.5. The van der Waals surface area contributed by atoms with Crippen molar-refractivity contribution in [1.29, 1.82) is 0 Å². The Bertz CT molecular complexity index is 1270. The van der Waals surface area contributed by atoms with E-state index in [9.17, 15) is 18.4 Å². The summed E-state index contributed by atoms with van der Waals surface area (Å²) in [6, 6.07) is 18.8. The lowest BCUT2D eigenvalue weighted by Gasteiger charge is -2.08. The minimum Gasteiger partial charge on any atom is -0.489 e. The van der Waals surface area contributed by atoms with E-state index >= 15 is 0 Å². The van der Waals surface area contributed by atoms with Crippen LogP contribution in [0.25, 0.3) is 11.0 Å². The second kappa shape index (κ2) is 9.30. The van der Waals surface area contributed by atoms with Crippen molar-refractivity contribution in [3.8, 4) is 5.75 Å². The van der Waals surface area contributed by atoms with Crippen molar-refractivity contribution in [2.45, 2.75) is 6.61 Å². The summed E-state index contributed by atoms with van der Waals surface area (Å²) in [5.41, 5.74) is 0.705. The molecule has 1 amide bonds. The molecular formula is C24H17F2NO5. The molecule has 0 atom stereocenters. The fourth-order valence-electron chi connectivity index (χ4n) is 3.05. The number of amides is 1. The first kappa shape index (κ1) is 21.0. The van der Waals surface area contributed by atoms with E-state index in [1.165, 1.54) is 0 Å². The van der Waals surface area contributed by atoms with E-state index < -0.39 is 30.1 Å². The molecule has 1 heterocycles. The maximum absolute atomic E-state index is 13.7. The van der Waals surface area contributed by atoms with Crippen molar-refractivity contribution in [3.05, 3.63) is 95.8 Å². The number of nitrogens with one attached hydrogen (secondary N) is 1. The molecular weight excluding hydrogens is 420 g/mol. The Balaban J connectivity index is 1.47. The zero-order valence-electron chi connectivity index (χ0n) is 16.6. The zero-order valence-corrected chi connectivity index (χ0v) is 16.6. The summed E-state index contributed by atoms with van der Waals surface area (Å²) in [4.78, 5) is 24.7. The molecule has 0 aliphatic heterocycles. The van der Waals surface area contributed by atoms with E-state index in [1.807, 2.05) is 18.2 Å². The number of carbonyl (C=O) groups excluding carboxylic acids is 2. The standard InChI is InChI=1S/C24H17F2NO5/c25-15-10-11-20(19(26)12-15)27-22(28)14-31-24(29)23-18(13-30-16-6-2-1-3-7-16)17-8-4-5-9-21(17)32-23/h1-12H,13-14H2,(H,27,28). The van der Waals surface area contributed by atoms with Gasteiger partial charge in [0, 0.05) is 11.5 Å². The lowest BCUT2D eigenvalue weighted by molar-refractivity contribution is -0.119. The molecule has 162 valence electrons. The van der Waals surface area contributed by atoms with Gasteiger partial charge in [-0.2, -0.15) is 0 Å². The molecule has 0 spiro atoms. The smallest absolute Gasteiger partial charge is 0.375 e. The summed E-state index contributed by atoms with van der Waals surface area (Å²) < 4.78 is 43.1. The van der Waals surface area contributed by atoms with Crippen LogP contribution >= 0.6 is 0 Å². The molecule has 8 heteroatoms. The minimum atomic E-state index is -0.942. The van der Waals surface area contributed by atoms with Gasteiger partial charge in [0.15, 0.2) is 6.61 Å². The van der Waals surface area contributed by atoms with Gasteiger partial charge >= 0.3 is 5.97 Å². The van der Waals surface area contributed by atoms with Gasteiger partial charge < -0.3 is 19.2 Å². The minimum absolute atomic E-state index is 0.0401. The van der Waals surface area contributed by atoms with Crippen molar-refractivity contribution >= 4 is 28.5 Å². The fourth-order valence-corrected chi connectivity index (χ4v) is 3.05. The quantitative estimate of drug-likeness (QED) is 0.408. The Labute approximate surface area is 181 Å². The number of benzene rings is 3. The zero-order chi connectivity index (χ0) is 22.5. The molecule has 0 fully saturated rings. The Morgan fingerprint density at radius 3 is 2.47 bits per heavy atom. The Kier molecular flexibility index (Phi) is 6.12. The van der Waals surface area contributed by atoms with Gasteiger partial charge in [0.05, 0.1) is 11.3 Å². The molecule has 4 aromatic rings. The van der Waals surface area contributed by atoms with Crippen LogP contribution in [0.15, 0.2) is 77.2 Å². The van der Waals surface area contributed by atoms with Gasteiger partial charge in [-0.1, -0.05) is 36.4 Å². The Morgan fingerprint density at radius 2 is 1.69 bits per heavy atom. The third kappa shape index (κ3) is 4.75. The maximum atomic E-state index is 13.7. The van der Waals surface area contributed by atoms with Crippen molar-refractivity contribution in [1.82, 2.24) is 0 Å². The second-order valence-corrected chi connectivity index (χ2v) is 6.76. The van der Waals surface area contributed by atoms with Crippen molar-refractivity contribution in [3.63, 3.8) is 0 Å². The Morgan fingerprint density at radius 1 is 0.938 bits per heavy atom. The lowest BCUT2D eigenvalue weighted by atomic mass is 10.1. The molecule has 1 N–H and O–H groups in total. The first-order valence-corrected chi connectivity index (χ1v) is 9.61. The summed E-state index contributed by atoms with van der Waals surface area (Å²) in [7, 11) is 0. The van der Waals surface area contributed by atoms with Gasteiger partial charge in [0.1, 0.15) is 29.6 Å². The van der Waals surface area contributed by atoms with E-state index in [4.69, 9.17) is 13.9 Å². The lowest BCUT2D eigenvalue weighted by Crippen LogP contribution is -2.21. The van der Waals surface area contributed by atoms with Gasteiger partial charge in [-0.25, -0.2) is 13.6 Å². The molecule has 32 heavy (non-hydrogen) atoms. The predicted octanol–water partition coefficient (Wildman–Crippen LogP) is 5.09. The average Bonchev–Trinajstić information content (AvgIpc) is 3.17. The number of furan rings is 1. The number of anilines is 1. The second-order valence-electron chi connectivity index (χ2n) is 6.76. The average molecular weight is 437 g/mol. The number of hydrogen-bond donors (Lipinski definition) is 1. The van der Waals surface area contributed by atoms with Gasteiger partial charge in [0.2, 0.25) is 5.76 Å². The number of esters is 1. The van der Waals surface area contributed by atoms with Crippen LogP contribution < -0.4 is 10.1 Å². The monoisotopic (exact) mass is 437 g/mol. The van der Waals surface area contributed by atoms with Crippen molar-refractivity contribution < 1.29 is 32.3 Å². The molecule has 0 unspecified atom stereocenters. The van der Waals surface area contributed by atoms with Crippen LogP contribution in [0.5, 0.6) is 5.75 Å². The summed E-state index contributed by atoms with van der Waals surface area (Å²) in [5.74, 6) is -2.87. The van der Waals surface area contributed by atoms with Gasteiger partial charge in [0.25, 0.3) is 5.91 Å². The van der Waals surface area contributed by atoms with E-state index in [-0.39, 0.29) is 18.1 Å². The highest BCUT2D eigenvalue weighted by Gasteiger charge is 2.23. The van der Waals surface area contributed by atoms with Gasteiger partial charge in [-0.05, 0) is 30.3 Å². The third-order valence-corrected chi connectivity index (χ3v) is 4.55. The van der Waals surface area contributed by atoms with E-state index in [2.05, 4.69) is 5.32 Å². The van der Waals surface area contributed by atoms with Crippen molar-refractivity contribution in [2.75, 3.05) is 11.9 Å². The van der Waals surface area contributed by atoms with E-state index in [0.29, 0.717) is 28.3 Å². The summed E-state index contributed by atoms with van der Waals surface area (Å²) in [6.45, 7) is -0.649. The third-order valence-electron chi connectivity index (χ3n) is 4.55. The van der Waals surface area contributed by atoms with Crippen LogP contribution in [0.2, 0.25) is 0 Å². The first-order valence-electron chi connectivity index (χ1n) is 9.61.